The van der Waals surface area contributed by atoms with Gasteiger partial charge in [-0.05, 0) is 32.1 Å². The Morgan fingerprint density at radius 2 is 1.88 bits per heavy atom. The van der Waals surface area contributed by atoms with Crippen molar-refractivity contribution in [1.82, 2.24) is 4.90 Å². The van der Waals surface area contributed by atoms with E-state index >= 15 is 0 Å². The lowest BCUT2D eigenvalue weighted by Crippen LogP contribution is -2.52. The summed E-state index contributed by atoms with van der Waals surface area (Å²) in [6, 6.07) is 0.0582. The first-order valence-corrected chi connectivity index (χ1v) is 6.91. The summed E-state index contributed by atoms with van der Waals surface area (Å²) < 4.78 is 0. The number of hydrogen-bond acceptors (Lipinski definition) is 3. The molecule has 0 aromatic carbocycles. The van der Waals surface area contributed by atoms with Crippen molar-refractivity contribution in [2.45, 2.75) is 57.0 Å². The lowest BCUT2D eigenvalue weighted by molar-refractivity contribution is -0.142. The van der Waals surface area contributed by atoms with Crippen molar-refractivity contribution in [3.8, 4) is 0 Å². The molecule has 17 heavy (non-hydrogen) atoms. The van der Waals surface area contributed by atoms with Crippen LogP contribution in [0.15, 0.2) is 0 Å². The first-order valence-electron chi connectivity index (χ1n) is 6.91. The van der Waals surface area contributed by atoms with E-state index in [1.165, 1.54) is 0 Å². The number of aliphatic hydroxyl groups excluding tert-OH is 1. The highest BCUT2D eigenvalue weighted by atomic mass is 16.3. The van der Waals surface area contributed by atoms with Crippen LogP contribution in [-0.2, 0) is 4.79 Å². The fourth-order valence-electron chi connectivity index (χ4n) is 3.16. The van der Waals surface area contributed by atoms with E-state index in [1.807, 2.05) is 4.90 Å². The molecular formula is C13H24N2O2. The second-order valence-electron chi connectivity index (χ2n) is 5.42. The van der Waals surface area contributed by atoms with Crippen LogP contribution in [0, 0.1) is 5.92 Å². The van der Waals surface area contributed by atoms with Crippen molar-refractivity contribution in [1.29, 1.82) is 0 Å². The molecule has 0 spiro atoms. The molecule has 1 aliphatic carbocycles. The van der Waals surface area contributed by atoms with Gasteiger partial charge in [-0.3, -0.25) is 4.79 Å². The Labute approximate surface area is 103 Å². The van der Waals surface area contributed by atoms with Crippen LogP contribution in [0.3, 0.4) is 0 Å². The third-order valence-electron chi connectivity index (χ3n) is 4.26. The summed E-state index contributed by atoms with van der Waals surface area (Å²) in [6.45, 7) is 0.890. The first-order chi connectivity index (χ1) is 8.24. The number of likely N-dealkylation sites (tertiary alicyclic amines) is 1. The number of hydrogen-bond donors (Lipinski definition) is 2. The minimum Gasteiger partial charge on any atom is -0.394 e. The Morgan fingerprint density at radius 3 is 2.59 bits per heavy atom. The molecule has 1 heterocycles. The van der Waals surface area contributed by atoms with Crippen LogP contribution in [0.25, 0.3) is 0 Å². The van der Waals surface area contributed by atoms with E-state index in [4.69, 9.17) is 5.73 Å². The summed E-state index contributed by atoms with van der Waals surface area (Å²) in [4.78, 5) is 14.4. The van der Waals surface area contributed by atoms with Gasteiger partial charge in [0, 0.05) is 12.6 Å². The normalized spacial score (nSPS) is 34.7. The summed E-state index contributed by atoms with van der Waals surface area (Å²) in [5.41, 5.74) is 6.06. The van der Waals surface area contributed by atoms with E-state index in [1.54, 1.807) is 0 Å². The maximum atomic E-state index is 12.5. The summed E-state index contributed by atoms with van der Waals surface area (Å²) in [7, 11) is 0. The highest BCUT2D eigenvalue weighted by molar-refractivity contribution is 5.80. The zero-order valence-electron chi connectivity index (χ0n) is 10.5. The molecule has 1 saturated carbocycles. The summed E-state index contributed by atoms with van der Waals surface area (Å²) in [5.74, 6) is 0.187. The van der Waals surface area contributed by atoms with Crippen LogP contribution in [0.2, 0.25) is 0 Å². The number of carbonyl (C=O) groups is 1. The maximum absolute atomic E-state index is 12.5. The van der Waals surface area contributed by atoms with Crippen LogP contribution in [0.1, 0.15) is 44.9 Å². The van der Waals surface area contributed by atoms with Crippen molar-refractivity contribution < 1.29 is 9.90 Å². The predicted octanol–water partition coefficient (Wildman–Crippen LogP) is 0.877. The second kappa shape index (κ2) is 5.83. The topological polar surface area (TPSA) is 66.6 Å². The van der Waals surface area contributed by atoms with E-state index < -0.39 is 0 Å². The van der Waals surface area contributed by atoms with Crippen LogP contribution >= 0.6 is 0 Å². The van der Waals surface area contributed by atoms with E-state index in [2.05, 4.69) is 0 Å². The average molecular weight is 240 g/mol. The number of aliphatic hydroxyl groups is 1. The molecule has 0 aromatic rings. The molecule has 2 rings (SSSR count). The van der Waals surface area contributed by atoms with Gasteiger partial charge in [0.25, 0.3) is 0 Å². The van der Waals surface area contributed by atoms with Crippen molar-refractivity contribution in [3.05, 3.63) is 0 Å². The SMILES string of the molecule is NC1CCCCC1C(=O)N1CCCCC1CO. The van der Waals surface area contributed by atoms with Gasteiger partial charge in [0.05, 0.1) is 18.6 Å². The summed E-state index contributed by atoms with van der Waals surface area (Å²) >= 11 is 0. The lowest BCUT2D eigenvalue weighted by atomic mass is 9.83. The van der Waals surface area contributed by atoms with Gasteiger partial charge in [-0.1, -0.05) is 12.8 Å². The van der Waals surface area contributed by atoms with Crippen molar-refractivity contribution >= 4 is 5.91 Å². The molecule has 4 heteroatoms. The monoisotopic (exact) mass is 240 g/mol. The molecule has 3 atom stereocenters. The standard InChI is InChI=1S/C13H24N2O2/c14-12-7-2-1-6-11(12)13(17)15-8-4-3-5-10(15)9-16/h10-12,16H,1-9,14H2. The molecule has 3 unspecified atom stereocenters. The number of amides is 1. The van der Waals surface area contributed by atoms with Crippen molar-refractivity contribution in [3.63, 3.8) is 0 Å². The second-order valence-corrected chi connectivity index (χ2v) is 5.42. The Hall–Kier alpha value is -0.610. The van der Waals surface area contributed by atoms with Crippen molar-refractivity contribution in [2.24, 2.45) is 11.7 Å². The number of carbonyl (C=O) groups excluding carboxylic acids is 1. The zero-order valence-corrected chi connectivity index (χ0v) is 10.5. The third kappa shape index (κ3) is 2.80. The zero-order chi connectivity index (χ0) is 12.3. The number of nitrogens with zero attached hydrogens (tertiary/aromatic N) is 1. The molecule has 1 amide bonds. The van der Waals surface area contributed by atoms with Gasteiger partial charge in [0.2, 0.25) is 5.91 Å². The Morgan fingerprint density at radius 1 is 1.18 bits per heavy atom. The highest BCUT2D eigenvalue weighted by Gasteiger charge is 2.35. The van der Waals surface area contributed by atoms with Gasteiger partial charge >= 0.3 is 0 Å². The first kappa shape index (κ1) is 12.8. The fourth-order valence-corrected chi connectivity index (χ4v) is 3.16. The number of piperidine rings is 1. The molecule has 4 nitrogen and oxygen atoms in total. The minimum atomic E-state index is -0.00380. The smallest absolute Gasteiger partial charge is 0.227 e. The number of nitrogens with two attached hydrogens (primary N) is 1. The highest BCUT2D eigenvalue weighted by Crippen LogP contribution is 2.27. The molecule has 98 valence electrons. The average Bonchev–Trinajstić information content (AvgIpc) is 2.38. The number of rotatable bonds is 2. The van der Waals surface area contributed by atoms with Gasteiger partial charge in [-0.25, -0.2) is 0 Å². The molecule has 1 saturated heterocycles. The van der Waals surface area contributed by atoms with E-state index in [9.17, 15) is 9.90 Å². The van der Waals surface area contributed by atoms with Crippen LogP contribution in [0.4, 0.5) is 0 Å². The third-order valence-corrected chi connectivity index (χ3v) is 4.26. The van der Waals surface area contributed by atoms with Crippen molar-refractivity contribution in [2.75, 3.05) is 13.2 Å². The maximum Gasteiger partial charge on any atom is 0.227 e. The van der Waals surface area contributed by atoms with Gasteiger partial charge in [0.1, 0.15) is 0 Å². The van der Waals surface area contributed by atoms with Gasteiger partial charge in [-0.15, -0.1) is 0 Å². The van der Waals surface area contributed by atoms with Gasteiger partial charge < -0.3 is 15.7 Å². The minimum absolute atomic E-state index is 0.00380. The van der Waals surface area contributed by atoms with Gasteiger partial charge in [-0.2, -0.15) is 0 Å². The van der Waals surface area contributed by atoms with Crippen LogP contribution in [-0.4, -0.2) is 41.1 Å². The van der Waals surface area contributed by atoms with Crippen LogP contribution in [0.5, 0.6) is 0 Å². The molecular weight excluding hydrogens is 216 g/mol. The largest absolute Gasteiger partial charge is 0.394 e. The molecule has 0 aromatic heterocycles. The Bertz CT molecular complexity index is 270. The molecule has 2 fully saturated rings. The Balaban J connectivity index is 2.01. The summed E-state index contributed by atoms with van der Waals surface area (Å²) in [5, 5.41) is 9.35. The summed E-state index contributed by atoms with van der Waals surface area (Å²) in [6.07, 6.45) is 7.26. The van der Waals surface area contributed by atoms with Crippen LogP contribution < -0.4 is 5.73 Å². The van der Waals surface area contributed by atoms with E-state index in [0.717, 1.165) is 51.5 Å². The lowest BCUT2D eigenvalue weighted by Gasteiger charge is -2.39. The fraction of sp³-hybridized carbons (Fsp3) is 0.923. The molecule has 3 N–H and O–H groups in total. The van der Waals surface area contributed by atoms with E-state index in [0.29, 0.717) is 0 Å². The Kier molecular flexibility index (Phi) is 4.40. The molecule has 0 radical (unpaired) electrons. The molecule has 1 aliphatic heterocycles. The van der Waals surface area contributed by atoms with Gasteiger partial charge in [0.15, 0.2) is 0 Å². The quantitative estimate of drug-likeness (QED) is 0.753. The molecule has 2 aliphatic rings. The molecule has 0 bridgehead atoms. The van der Waals surface area contributed by atoms with E-state index in [-0.39, 0.29) is 30.5 Å². The predicted molar refractivity (Wildman–Crippen MR) is 66.4 cm³/mol.